The van der Waals surface area contributed by atoms with Crippen LogP contribution in [0.1, 0.15) is 33.3 Å². The van der Waals surface area contributed by atoms with Gasteiger partial charge in [0.1, 0.15) is 0 Å². The highest BCUT2D eigenvalue weighted by Gasteiger charge is 2.51. The van der Waals surface area contributed by atoms with Gasteiger partial charge in [0.15, 0.2) is 0 Å². The summed E-state index contributed by atoms with van der Waals surface area (Å²) in [7, 11) is -0.331. The van der Waals surface area contributed by atoms with Gasteiger partial charge in [-0.3, -0.25) is 0 Å². The maximum absolute atomic E-state index is 5.97. The molecule has 1 saturated heterocycles. The van der Waals surface area contributed by atoms with Crippen molar-refractivity contribution in [1.82, 2.24) is 0 Å². The monoisotopic (exact) mass is 269 g/mol. The standard InChI is InChI=1S/C13H20BNO2.ClH/c1-9-6-7-10(8-11(9)15)14-16-12(2,3)13(4,5)17-14;/h6-8H,15H2,1-5H3;1H. The molecule has 0 aromatic heterocycles. The van der Waals surface area contributed by atoms with Crippen LogP contribution in [0.2, 0.25) is 0 Å². The van der Waals surface area contributed by atoms with Crippen molar-refractivity contribution in [2.75, 3.05) is 5.73 Å². The van der Waals surface area contributed by atoms with Crippen molar-refractivity contribution in [1.29, 1.82) is 0 Å². The highest BCUT2D eigenvalue weighted by atomic mass is 35.5. The van der Waals surface area contributed by atoms with Crippen molar-refractivity contribution in [2.24, 2.45) is 0 Å². The van der Waals surface area contributed by atoms with Crippen LogP contribution in [-0.2, 0) is 9.31 Å². The largest absolute Gasteiger partial charge is 0.494 e. The molecule has 100 valence electrons. The summed E-state index contributed by atoms with van der Waals surface area (Å²) in [4.78, 5) is 0. The van der Waals surface area contributed by atoms with E-state index >= 15 is 0 Å². The third-order valence-corrected chi connectivity index (χ3v) is 3.83. The first kappa shape index (κ1) is 15.4. The first-order valence-electron chi connectivity index (χ1n) is 5.95. The van der Waals surface area contributed by atoms with E-state index in [1.54, 1.807) is 0 Å². The van der Waals surface area contributed by atoms with E-state index in [1.807, 2.05) is 52.8 Å². The average molecular weight is 270 g/mol. The summed E-state index contributed by atoms with van der Waals surface area (Å²) in [5.74, 6) is 0. The van der Waals surface area contributed by atoms with Gasteiger partial charge >= 0.3 is 7.12 Å². The fraction of sp³-hybridized carbons (Fsp3) is 0.538. The van der Waals surface area contributed by atoms with Crippen LogP contribution in [0.4, 0.5) is 5.69 Å². The molecule has 1 fully saturated rings. The second kappa shape index (κ2) is 4.76. The quantitative estimate of drug-likeness (QED) is 0.628. The first-order valence-corrected chi connectivity index (χ1v) is 5.95. The molecule has 0 radical (unpaired) electrons. The molecule has 0 atom stereocenters. The third kappa shape index (κ3) is 2.51. The van der Waals surface area contributed by atoms with Gasteiger partial charge in [-0.1, -0.05) is 12.1 Å². The third-order valence-electron chi connectivity index (χ3n) is 3.83. The molecular formula is C13H21BClNO2. The Kier molecular flexibility index (Phi) is 4.06. The Morgan fingerprint density at radius 2 is 1.56 bits per heavy atom. The second-order valence-electron chi connectivity index (χ2n) is 5.70. The summed E-state index contributed by atoms with van der Waals surface area (Å²) < 4.78 is 11.9. The minimum atomic E-state index is -0.331. The first-order chi connectivity index (χ1) is 7.73. The van der Waals surface area contributed by atoms with Crippen LogP contribution >= 0.6 is 12.4 Å². The van der Waals surface area contributed by atoms with Crippen LogP contribution in [0, 0.1) is 6.92 Å². The molecular weight excluding hydrogens is 248 g/mol. The average Bonchev–Trinajstić information content (AvgIpc) is 2.41. The molecule has 1 aliphatic heterocycles. The lowest BCUT2D eigenvalue weighted by molar-refractivity contribution is 0.00578. The molecule has 0 saturated carbocycles. The molecule has 1 aromatic carbocycles. The predicted molar refractivity (Wildman–Crippen MR) is 78.6 cm³/mol. The zero-order valence-electron chi connectivity index (χ0n) is 11.6. The number of aryl methyl sites for hydroxylation is 1. The summed E-state index contributed by atoms with van der Waals surface area (Å²) in [5, 5.41) is 0. The molecule has 1 heterocycles. The van der Waals surface area contributed by atoms with E-state index in [4.69, 9.17) is 15.0 Å². The molecule has 0 amide bonds. The summed E-state index contributed by atoms with van der Waals surface area (Å²) in [6.07, 6.45) is 0. The number of hydrogen-bond donors (Lipinski definition) is 1. The van der Waals surface area contributed by atoms with Gasteiger partial charge in [0.05, 0.1) is 11.2 Å². The zero-order valence-corrected chi connectivity index (χ0v) is 12.4. The number of hydrogen-bond acceptors (Lipinski definition) is 3. The SMILES string of the molecule is Cc1ccc(B2OC(C)(C)C(C)(C)O2)cc1N.Cl. The van der Waals surface area contributed by atoms with Gasteiger partial charge in [-0.15, -0.1) is 12.4 Å². The summed E-state index contributed by atoms with van der Waals surface area (Å²) >= 11 is 0. The van der Waals surface area contributed by atoms with Crippen molar-refractivity contribution in [3.05, 3.63) is 23.8 Å². The molecule has 0 unspecified atom stereocenters. The van der Waals surface area contributed by atoms with Crippen LogP contribution in [0.25, 0.3) is 0 Å². The minimum absolute atomic E-state index is 0. The molecule has 2 rings (SSSR count). The minimum Gasteiger partial charge on any atom is -0.399 e. The Labute approximate surface area is 116 Å². The Bertz CT molecular complexity index is 433. The van der Waals surface area contributed by atoms with E-state index in [9.17, 15) is 0 Å². The van der Waals surface area contributed by atoms with Gasteiger partial charge < -0.3 is 15.0 Å². The molecule has 2 N–H and O–H groups in total. The maximum atomic E-state index is 5.97. The van der Waals surface area contributed by atoms with E-state index < -0.39 is 0 Å². The Morgan fingerprint density at radius 1 is 1.06 bits per heavy atom. The molecule has 3 nitrogen and oxygen atoms in total. The molecule has 5 heteroatoms. The van der Waals surface area contributed by atoms with Crippen LogP contribution in [0.15, 0.2) is 18.2 Å². The molecule has 1 aliphatic rings. The van der Waals surface area contributed by atoms with Crippen LogP contribution in [0.5, 0.6) is 0 Å². The highest BCUT2D eigenvalue weighted by molar-refractivity contribution is 6.62. The van der Waals surface area contributed by atoms with E-state index in [-0.39, 0.29) is 30.7 Å². The van der Waals surface area contributed by atoms with Gasteiger partial charge in [0.25, 0.3) is 0 Å². The lowest BCUT2D eigenvalue weighted by atomic mass is 9.78. The number of rotatable bonds is 1. The van der Waals surface area contributed by atoms with E-state index in [1.165, 1.54) is 0 Å². The van der Waals surface area contributed by atoms with Crippen molar-refractivity contribution in [2.45, 2.75) is 45.8 Å². The topological polar surface area (TPSA) is 44.5 Å². The fourth-order valence-corrected chi connectivity index (χ4v) is 1.78. The van der Waals surface area contributed by atoms with Gasteiger partial charge in [-0.2, -0.15) is 0 Å². The summed E-state index contributed by atoms with van der Waals surface area (Å²) in [5.41, 5.74) is 8.12. The van der Waals surface area contributed by atoms with Gasteiger partial charge in [0.2, 0.25) is 0 Å². The summed E-state index contributed by atoms with van der Waals surface area (Å²) in [6.45, 7) is 10.2. The van der Waals surface area contributed by atoms with Gasteiger partial charge in [-0.25, -0.2) is 0 Å². The van der Waals surface area contributed by atoms with Crippen molar-refractivity contribution in [3.63, 3.8) is 0 Å². The summed E-state index contributed by atoms with van der Waals surface area (Å²) in [6, 6.07) is 5.93. The second-order valence-corrected chi connectivity index (χ2v) is 5.70. The van der Waals surface area contributed by atoms with Crippen molar-refractivity contribution >= 4 is 30.7 Å². The molecule has 0 bridgehead atoms. The molecule has 0 aliphatic carbocycles. The van der Waals surface area contributed by atoms with Crippen LogP contribution < -0.4 is 11.2 Å². The Balaban J connectivity index is 0.00000162. The lowest BCUT2D eigenvalue weighted by Crippen LogP contribution is -2.41. The number of anilines is 1. The number of nitrogen functional groups attached to an aromatic ring is 1. The maximum Gasteiger partial charge on any atom is 0.494 e. The highest BCUT2D eigenvalue weighted by Crippen LogP contribution is 2.36. The Hall–Kier alpha value is -0.705. The van der Waals surface area contributed by atoms with Gasteiger partial charge in [-0.05, 0) is 51.7 Å². The number of halogens is 1. The van der Waals surface area contributed by atoms with Crippen LogP contribution in [-0.4, -0.2) is 18.3 Å². The number of benzene rings is 1. The van der Waals surface area contributed by atoms with E-state index in [0.717, 1.165) is 16.7 Å². The predicted octanol–water partition coefficient (Wildman–Crippen LogP) is 2.30. The van der Waals surface area contributed by atoms with Crippen molar-refractivity contribution in [3.8, 4) is 0 Å². The molecule has 1 aromatic rings. The number of nitrogens with two attached hydrogens (primary N) is 1. The fourth-order valence-electron chi connectivity index (χ4n) is 1.78. The van der Waals surface area contributed by atoms with Gasteiger partial charge in [0, 0.05) is 5.69 Å². The zero-order chi connectivity index (χ0) is 12.8. The van der Waals surface area contributed by atoms with E-state index in [0.29, 0.717) is 0 Å². The molecule has 0 spiro atoms. The molecule has 18 heavy (non-hydrogen) atoms. The lowest BCUT2D eigenvalue weighted by Gasteiger charge is -2.32. The van der Waals surface area contributed by atoms with Crippen molar-refractivity contribution < 1.29 is 9.31 Å². The van der Waals surface area contributed by atoms with Crippen LogP contribution in [0.3, 0.4) is 0 Å². The normalized spacial score (nSPS) is 20.6. The van der Waals surface area contributed by atoms with E-state index in [2.05, 4.69) is 0 Å². The smallest absolute Gasteiger partial charge is 0.399 e. The Morgan fingerprint density at radius 3 is 2.00 bits per heavy atom.